The van der Waals surface area contributed by atoms with Crippen molar-refractivity contribution in [1.29, 1.82) is 0 Å². The summed E-state index contributed by atoms with van der Waals surface area (Å²) in [5.74, 6) is 1.66. The molecular formula is C25H25ClN4O5. The highest BCUT2D eigenvalue weighted by molar-refractivity contribution is 6.01. The maximum atomic E-state index is 12.0. The van der Waals surface area contributed by atoms with Crippen molar-refractivity contribution in [3.63, 3.8) is 0 Å². The number of carbonyl (C=O) groups excluding carboxylic acids is 2. The van der Waals surface area contributed by atoms with Crippen LogP contribution in [0.4, 0.5) is 15.4 Å². The normalized spacial score (nSPS) is 9.94. The van der Waals surface area contributed by atoms with Crippen LogP contribution in [0.25, 0.3) is 21.9 Å². The van der Waals surface area contributed by atoms with Crippen LogP contribution >= 0.6 is 12.4 Å². The van der Waals surface area contributed by atoms with Gasteiger partial charge in [-0.05, 0) is 40.6 Å². The molecule has 182 valence electrons. The summed E-state index contributed by atoms with van der Waals surface area (Å²) in [5.41, 5.74) is 3.07. The number of carbonyl (C=O) groups is 3. The average Bonchev–Trinajstić information content (AvgIpc) is 2.81. The van der Waals surface area contributed by atoms with Crippen molar-refractivity contribution in [1.82, 2.24) is 15.6 Å². The molecule has 3 amide bonds. The first-order valence-electron chi connectivity index (χ1n) is 10.5. The van der Waals surface area contributed by atoms with E-state index in [1.807, 2.05) is 31.2 Å². The van der Waals surface area contributed by atoms with E-state index in [2.05, 4.69) is 26.9 Å². The lowest BCUT2D eigenvalue weighted by Gasteiger charge is -2.14. The molecule has 0 atom stereocenters. The molecule has 0 unspecified atom stereocenters. The Labute approximate surface area is 208 Å². The Bertz CT molecular complexity index is 1270. The van der Waals surface area contributed by atoms with Crippen LogP contribution < -0.4 is 16.0 Å². The van der Waals surface area contributed by atoms with E-state index in [0.717, 1.165) is 27.5 Å². The Kier molecular flexibility index (Phi) is 9.87. The molecule has 35 heavy (non-hydrogen) atoms. The second-order valence-electron chi connectivity index (χ2n) is 7.28. The molecule has 3 rings (SSSR count). The first-order chi connectivity index (χ1) is 16.4. The minimum absolute atomic E-state index is 0. The number of urea groups is 1. The summed E-state index contributed by atoms with van der Waals surface area (Å²) in [5, 5.41) is 18.7. The zero-order valence-electron chi connectivity index (χ0n) is 19.0. The molecule has 9 nitrogen and oxygen atoms in total. The van der Waals surface area contributed by atoms with Crippen LogP contribution in [0.1, 0.15) is 18.1 Å². The fraction of sp³-hybridized carbons (Fsp3) is 0.200. The number of benzene rings is 2. The predicted molar refractivity (Wildman–Crippen MR) is 135 cm³/mol. The minimum Gasteiger partial charge on any atom is -0.481 e. The molecule has 2 aromatic carbocycles. The fourth-order valence-electron chi connectivity index (χ4n) is 3.44. The fourth-order valence-corrected chi connectivity index (χ4v) is 3.44. The van der Waals surface area contributed by atoms with Crippen molar-refractivity contribution >= 4 is 47.1 Å². The second kappa shape index (κ2) is 12.8. The van der Waals surface area contributed by atoms with Crippen LogP contribution in [0.3, 0.4) is 0 Å². The van der Waals surface area contributed by atoms with Gasteiger partial charge in [-0.15, -0.1) is 18.8 Å². The third kappa shape index (κ3) is 7.35. The van der Waals surface area contributed by atoms with Gasteiger partial charge >= 0.3 is 18.1 Å². The molecule has 0 saturated carbocycles. The molecule has 0 saturated heterocycles. The van der Waals surface area contributed by atoms with Gasteiger partial charge in [0, 0.05) is 24.7 Å². The van der Waals surface area contributed by atoms with Crippen LogP contribution in [0, 0.1) is 12.3 Å². The number of anilines is 1. The zero-order chi connectivity index (χ0) is 24.5. The molecular weight excluding hydrogens is 472 g/mol. The summed E-state index contributed by atoms with van der Waals surface area (Å²) in [6, 6.07) is 12.3. The van der Waals surface area contributed by atoms with Crippen LogP contribution in [0.2, 0.25) is 0 Å². The van der Waals surface area contributed by atoms with E-state index in [4.69, 9.17) is 16.3 Å². The predicted octanol–water partition coefficient (Wildman–Crippen LogP) is 3.95. The van der Waals surface area contributed by atoms with Crippen molar-refractivity contribution in [3.05, 3.63) is 59.8 Å². The molecule has 0 bridgehead atoms. The van der Waals surface area contributed by atoms with Gasteiger partial charge in [-0.1, -0.05) is 42.3 Å². The van der Waals surface area contributed by atoms with E-state index in [1.165, 1.54) is 0 Å². The summed E-state index contributed by atoms with van der Waals surface area (Å²) in [6.45, 7) is 2.31. The topological polar surface area (TPSA) is 130 Å². The first-order valence-corrected chi connectivity index (χ1v) is 10.5. The van der Waals surface area contributed by atoms with Crippen molar-refractivity contribution < 1.29 is 24.2 Å². The van der Waals surface area contributed by atoms with Crippen LogP contribution in [-0.2, 0) is 22.5 Å². The number of pyridine rings is 1. The zero-order valence-corrected chi connectivity index (χ0v) is 19.8. The van der Waals surface area contributed by atoms with E-state index in [9.17, 15) is 14.4 Å². The lowest BCUT2D eigenvalue weighted by Crippen LogP contribution is -2.28. The van der Waals surface area contributed by atoms with Gasteiger partial charge in [0.15, 0.2) is 6.61 Å². The number of rotatable bonds is 8. The number of hydrogen-bond donors (Lipinski definition) is 4. The largest absolute Gasteiger partial charge is 0.481 e. The Balaban J connectivity index is 0.00000432. The smallest absolute Gasteiger partial charge is 0.408 e. The molecule has 0 aliphatic heterocycles. The number of ether oxygens (including phenoxy) is 1. The summed E-state index contributed by atoms with van der Waals surface area (Å²) >= 11 is 0. The Morgan fingerprint density at radius 2 is 1.91 bits per heavy atom. The van der Waals surface area contributed by atoms with Gasteiger partial charge < -0.3 is 20.5 Å². The van der Waals surface area contributed by atoms with E-state index in [-0.39, 0.29) is 38.0 Å². The molecule has 0 spiro atoms. The third-order valence-electron chi connectivity index (χ3n) is 4.87. The summed E-state index contributed by atoms with van der Waals surface area (Å²) < 4.78 is 4.84. The maximum Gasteiger partial charge on any atom is 0.408 e. The van der Waals surface area contributed by atoms with E-state index < -0.39 is 12.1 Å². The summed E-state index contributed by atoms with van der Waals surface area (Å²) in [7, 11) is 0. The molecule has 0 fully saturated rings. The minimum atomic E-state index is -0.919. The van der Waals surface area contributed by atoms with Crippen LogP contribution in [0.15, 0.2) is 48.7 Å². The molecule has 1 heterocycles. The van der Waals surface area contributed by atoms with Gasteiger partial charge in [-0.3, -0.25) is 10.1 Å². The standard InChI is InChI=1S/C25H24N4O5.ClH/c1-3-10-34-25(33)28-14-18-8-9-19(17-7-5-6-16(11-17)12-23(30)31)20-13-22(27-15-21(18)20)29-24(32)26-4-2;/h1,5-9,11,13,15H,4,10,12,14H2,2H3,(H,28,33)(H,30,31)(H2,26,27,29,32);1H. The highest BCUT2D eigenvalue weighted by atomic mass is 35.5. The van der Waals surface area contributed by atoms with E-state index >= 15 is 0 Å². The monoisotopic (exact) mass is 496 g/mol. The molecule has 4 N–H and O–H groups in total. The van der Waals surface area contributed by atoms with Crippen molar-refractivity contribution in [2.45, 2.75) is 19.9 Å². The SMILES string of the molecule is C#CCOC(=O)NCc1ccc(-c2cccc(CC(=O)O)c2)c2cc(NC(=O)NCC)ncc12.Cl. The van der Waals surface area contributed by atoms with E-state index in [1.54, 1.807) is 24.4 Å². The molecule has 10 heteroatoms. The number of carboxylic acids is 1. The summed E-state index contributed by atoms with van der Waals surface area (Å²) in [4.78, 5) is 39.3. The van der Waals surface area contributed by atoms with Gasteiger partial charge in [0.25, 0.3) is 0 Å². The lowest BCUT2D eigenvalue weighted by atomic mass is 9.94. The number of terminal acetylenes is 1. The van der Waals surface area contributed by atoms with Gasteiger partial charge in [-0.2, -0.15) is 0 Å². The lowest BCUT2D eigenvalue weighted by molar-refractivity contribution is -0.136. The molecule has 1 aromatic heterocycles. The highest BCUT2D eigenvalue weighted by Crippen LogP contribution is 2.32. The van der Waals surface area contributed by atoms with E-state index in [0.29, 0.717) is 17.9 Å². The number of nitrogens with zero attached hydrogens (tertiary/aromatic N) is 1. The molecule has 0 aliphatic rings. The van der Waals surface area contributed by atoms with Crippen molar-refractivity contribution in [2.24, 2.45) is 0 Å². The quantitative estimate of drug-likeness (QED) is 0.349. The first kappa shape index (κ1) is 27.0. The van der Waals surface area contributed by atoms with Gasteiger partial charge in [0.1, 0.15) is 5.82 Å². The van der Waals surface area contributed by atoms with Gasteiger partial charge in [-0.25, -0.2) is 14.6 Å². The number of alkyl carbamates (subject to hydrolysis) is 1. The third-order valence-corrected chi connectivity index (χ3v) is 4.87. The second-order valence-corrected chi connectivity index (χ2v) is 7.28. The van der Waals surface area contributed by atoms with Gasteiger partial charge in [0.2, 0.25) is 0 Å². The van der Waals surface area contributed by atoms with Crippen molar-refractivity contribution in [3.8, 4) is 23.5 Å². The van der Waals surface area contributed by atoms with Crippen LogP contribution in [-0.4, -0.2) is 41.3 Å². The number of carboxylic acid groups (broad SMARTS) is 1. The molecule has 0 aliphatic carbocycles. The number of fused-ring (bicyclic) bond motifs is 1. The highest BCUT2D eigenvalue weighted by Gasteiger charge is 2.13. The average molecular weight is 497 g/mol. The molecule has 0 radical (unpaired) electrons. The number of amides is 3. The van der Waals surface area contributed by atoms with Crippen molar-refractivity contribution in [2.75, 3.05) is 18.5 Å². The molecule has 3 aromatic rings. The summed E-state index contributed by atoms with van der Waals surface area (Å²) in [6.07, 6.45) is 5.98. The van der Waals surface area contributed by atoms with Gasteiger partial charge in [0.05, 0.1) is 6.42 Å². The Morgan fingerprint density at radius 1 is 1.11 bits per heavy atom. The maximum absolute atomic E-state index is 12.0. The van der Waals surface area contributed by atoms with Crippen LogP contribution in [0.5, 0.6) is 0 Å². The number of halogens is 1. The number of hydrogen-bond acceptors (Lipinski definition) is 5. The number of nitrogens with one attached hydrogen (secondary N) is 3. The Hall–Kier alpha value is -4.29. The Morgan fingerprint density at radius 3 is 2.63 bits per heavy atom. The number of aromatic nitrogens is 1. The number of aliphatic carboxylic acids is 1.